The van der Waals surface area contributed by atoms with Crippen molar-refractivity contribution in [3.8, 4) is 0 Å². The maximum Gasteiger partial charge on any atom is 0.214 e. The highest BCUT2D eigenvalue weighted by molar-refractivity contribution is 5.89. The second-order valence-electron chi connectivity index (χ2n) is 4.69. The molecule has 0 spiro atoms. The van der Waals surface area contributed by atoms with E-state index in [9.17, 15) is 0 Å². The molecule has 1 heterocycles. The van der Waals surface area contributed by atoms with Crippen LogP contribution in [0.2, 0.25) is 0 Å². The van der Waals surface area contributed by atoms with Crippen LogP contribution in [0.25, 0.3) is 0 Å². The molecule has 1 fully saturated rings. The van der Waals surface area contributed by atoms with Crippen LogP contribution < -0.4 is 16.4 Å². The van der Waals surface area contributed by atoms with E-state index in [1.165, 1.54) is 0 Å². The van der Waals surface area contributed by atoms with Crippen molar-refractivity contribution in [3.63, 3.8) is 0 Å². The van der Waals surface area contributed by atoms with Gasteiger partial charge in [-0.1, -0.05) is 0 Å². The number of aliphatic hydroxyl groups is 1. The summed E-state index contributed by atoms with van der Waals surface area (Å²) in [5.74, 6) is 1.51. The largest absolute Gasteiger partial charge is 0.474 e. The molecule has 1 aliphatic carbocycles. The van der Waals surface area contributed by atoms with Crippen LogP contribution in [0.4, 0.5) is 0 Å². The molecule has 0 amide bonds. The first kappa shape index (κ1) is 13.2. The Kier molecular flexibility index (Phi) is 4.83. The third kappa shape index (κ3) is 3.89. The van der Waals surface area contributed by atoms with Crippen molar-refractivity contribution >= 4 is 5.90 Å². The first-order valence-corrected chi connectivity index (χ1v) is 6.55. The number of nitrogens with two attached hydrogens (primary N) is 1. The number of aliphatic hydroxyl groups excluding tert-OH is 1. The van der Waals surface area contributed by atoms with E-state index in [1.54, 1.807) is 0 Å². The minimum Gasteiger partial charge on any atom is -0.474 e. The molecule has 6 nitrogen and oxygen atoms in total. The van der Waals surface area contributed by atoms with Crippen LogP contribution >= 0.6 is 0 Å². The van der Waals surface area contributed by atoms with Crippen molar-refractivity contribution in [2.45, 2.75) is 37.8 Å². The van der Waals surface area contributed by atoms with E-state index in [2.05, 4.69) is 15.6 Å². The second-order valence-corrected chi connectivity index (χ2v) is 4.69. The third-order valence-corrected chi connectivity index (χ3v) is 3.21. The molecule has 102 valence electrons. The molecule has 0 bridgehead atoms. The predicted octanol–water partition coefficient (Wildman–Crippen LogP) is -0.345. The Bertz CT molecular complexity index is 322. The fourth-order valence-electron chi connectivity index (χ4n) is 2.18. The lowest BCUT2D eigenvalue weighted by Gasteiger charge is -2.27. The maximum absolute atomic E-state index is 8.76. The predicted molar refractivity (Wildman–Crippen MR) is 69.9 cm³/mol. The molecule has 0 aromatic rings. The molecule has 0 radical (unpaired) electrons. The molecular weight excluding hydrogens is 232 g/mol. The van der Waals surface area contributed by atoms with Gasteiger partial charge in [0.15, 0.2) is 0 Å². The van der Waals surface area contributed by atoms with Gasteiger partial charge in [0.1, 0.15) is 18.6 Å². The molecule has 6 heteroatoms. The quantitative estimate of drug-likeness (QED) is 0.551. The molecule has 18 heavy (non-hydrogen) atoms. The van der Waals surface area contributed by atoms with Crippen molar-refractivity contribution in [1.82, 2.24) is 10.6 Å². The van der Waals surface area contributed by atoms with E-state index in [0.717, 1.165) is 31.5 Å². The minimum absolute atomic E-state index is 0.104. The average molecular weight is 254 g/mol. The van der Waals surface area contributed by atoms with Crippen LogP contribution in [-0.4, -0.2) is 43.0 Å². The Morgan fingerprint density at radius 1 is 1.44 bits per heavy atom. The maximum atomic E-state index is 8.76. The summed E-state index contributed by atoms with van der Waals surface area (Å²) in [6.07, 6.45) is 6.12. The molecule has 0 atom stereocenters. The summed E-state index contributed by atoms with van der Waals surface area (Å²) in [6, 6.07) is 0.331. The number of hydrogen-bond donors (Lipinski definition) is 4. The van der Waals surface area contributed by atoms with E-state index < -0.39 is 0 Å². The van der Waals surface area contributed by atoms with Crippen molar-refractivity contribution < 1.29 is 9.84 Å². The van der Waals surface area contributed by atoms with Gasteiger partial charge in [-0.05, 0) is 25.7 Å². The van der Waals surface area contributed by atoms with Crippen molar-refractivity contribution in [2.75, 3.05) is 19.8 Å². The van der Waals surface area contributed by atoms with Crippen molar-refractivity contribution in [2.24, 2.45) is 10.7 Å². The first-order chi connectivity index (χ1) is 8.78. The Morgan fingerprint density at radius 2 is 2.22 bits per heavy atom. The van der Waals surface area contributed by atoms with E-state index >= 15 is 0 Å². The monoisotopic (exact) mass is 254 g/mol. The van der Waals surface area contributed by atoms with Crippen LogP contribution in [0.1, 0.15) is 25.7 Å². The van der Waals surface area contributed by atoms with Gasteiger partial charge in [-0.15, -0.1) is 0 Å². The van der Waals surface area contributed by atoms with Crippen molar-refractivity contribution in [1.29, 1.82) is 0 Å². The summed E-state index contributed by atoms with van der Waals surface area (Å²) in [7, 11) is 0. The van der Waals surface area contributed by atoms with Gasteiger partial charge in [0.2, 0.25) is 5.90 Å². The summed E-state index contributed by atoms with van der Waals surface area (Å²) in [5, 5.41) is 14.9. The molecule has 2 rings (SSSR count). The van der Waals surface area contributed by atoms with Gasteiger partial charge in [-0.3, -0.25) is 0 Å². The third-order valence-electron chi connectivity index (χ3n) is 3.21. The molecule has 1 saturated carbocycles. The standard InChI is InChI=1S/C12H22N4O2/c13-9-1-3-10(4-2-9)18-12-7-11(14-5-6-17)15-8-16-12/h7,9-10,14-15,17H,1-6,8,13H2. The van der Waals surface area contributed by atoms with Gasteiger partial charge in [0.25, 0.3) is 0 Å². The van der Waals surface area contributed by atoms with Gasteiger partial charge >= 0.3 is 0 Å². The van der Waals surface area contributed by atoms with Crippen molar-refractivity contribution in [3.05, 3.63) is 11.9 Å². The number of hydrogen-bond acceptors (Lipinski definition) is 6. The topological polar surface area (TPSA) is 91.9 Å². The highest BCUT2D eigenvalue weighted by Gasteiger charge is 2.21. The zero-order chi connectivity index (χ0) is 12.8. The van der Waals surface area contributed by atoms with Gasteiger partial charge in [0, 0.05) is 18.7 Å². The summed E-state index contributed by atoms with van der Waals surface area (Å²) < 4.78 is 5.87. The molecule has 2 aliphatic rings. The van der Waals surface area contributed by atoms with Crippen LogP contribution in [0.15, 0.2) is 16.9 Å². The summed E-state index contributed by atoms with van der Waals surface area (Å²) >= 11 is 0. The van der Waals surface area contributed by atoms with Gasteiger partial charge < -0.3 is 26.2 Å². The van der Waals surface area contributed by atoms with Crippen LogP contribution in [0, 0.1) is 0 Å². The van der Waals surface area contributed by atoms with E-state index in [4.69, 9.17) is 15.6 Å². The summed E-state index contributed by atoms with van der Waals surface area (Å²) in [5.41, 5.74) is 5.87. The summed E-state index contributed by atoms with van der Waals surface area (Å²) in [4.78, 5) is 4.27. The second kappa shape index (κ2) is 6.61. The smallest absolute Gasteiger partial charge is 0.214 e. The highest BCUT2D eigenvalue weighted by Crippen LogP contribution is 2.20. The fraction of sp³-hybridized carbons (Fsp3) is 0.750. The minimum atomic E-state index is 0.104. The normalized spacial score (nSPS) is 27.9. The Morgan fingerprint density at radius 3 is 2.94 bits per heavy atom. The number of aliphatic imine (C=N–C) groups is 1. The zero-order valence-electron chi connectivity index (χ0n) is 10.6. The highest BCUT2D eigenvalue weighted by atomic mass is 16.5. The summed E-state index contributed by atoms with van der Waals surface area (Å²) in [6.45, 7) is 1.13. The molecule has 0 unspecified atom stereocenters. The molecule has 5 N–H and O–H groups in total. The number of nitrogens with one attached hydrogen (secondary N) is 2. The Labute approximate surface area is 107 Å². The van der Waals surface area contributed by atoms with Gasteiger partial charge in [-0.25, -0.2) is 4.99 Å². The lowest BCUT2D eigenvalue weighted by Crippen LogP contribution is -2.35. The van der Waals surface area contributed by atoms with Crippen LogP contribution in [-0.2, 0) is 4.74 Å². The first-order valence-electron chi connectivity index (χ1n) is 6.55. The zero-order valence-corrected chi connectivity index (χ0v) is 10.6. The molecule has 0 aromatic heterocycles. The average Bonchev–Trinajstić information content (AvgIpc) is 2.40. The van der Waals surface area contributed by atoms with E-state index in [-0.39, 0.29) is 12.7 Å². The van der Waals surface area contributed by atoms with Crippen LogP contribution in [0.5, 0.6) is 0 Å². The van der Waals surface area contributed by atoms with Gasteiger partial charge in [-0.2, -0.15) is 0 Å². The fourth-order valence-corrected chi connectivity index (χ4v) is 2.18. The lowest BCUT2D eigenvalue weighted by atomic mass is 9.94. The van der Waals surface area contributed by atoms with Crippen LogP contribution in [0.3, 0.4) is 0 Å². The molecular formula is C12H22N4O2. The number of ether oxygens (including phenoxy) is 1. The number of nitrogens with zero attached hydrogens (tertiary/aromatic N) is 1. The molecule has 0 aromatic carbocycles. The Balaban J connectivity index is 1.81. The SMILES string of the molecule is NC1CCC(OC2=NCNC(NCCO)=C2)CC1. The van der Waals surface area contributed by atoms with E-state index in [1.807, 2.05) is 6.08 Å². The number of rotatable bonds is 4. The van der Waals surface area contributed by atoms with Gasteiger partial charge in [0.05, 0.1) is 6.61 Å². The van der Waals surface area contributed by atoms with E-state index in [0.29, 0.717) is 25.2 Å². The lowest BCUT2D eigenvalue weighted by molar-refractivity contribution is 0.136. The molecule has 1 aliphatic heterocycles. The molecule has 0 saturated heterocycles. The Hall–Kier alpha value is -1.27.